The highest BCUT2D eigenvalue weighted by molar-refractivity contribution is 5.85. The van der Waals surface area contributed by atoms with Gasteiger partial charge in [0.2, 0.25) is 0 Å². The van der Waals surface area contributed by atoms with Crippen molar-refractivity contribution in [3.05, 3.63) is 59.9 Å². The number of hydrogen-bond donors (Lipinski definition) is 0. The molecule has 3 aromatic rings. The minimum Gasteiger partial charge on any atom is -0.298 e. The molecule has 2 nitrogen and oxygen atoms in total. The predicted molar refractivity (Wildman–Crippen MR) is 96.5 cm³/mol. The van der Waals surface area contributed by atoms with Gasteiger partial charge in [0.25, 0.3) is 0 Å². The topological polar surface area (TPSA) is 17.8 Å². The number of para-hydroxylation sites is 3. The molecule has 0 N–H and O–H groups in total. The number of benzene rings is 2. The van der Waals surface area contributed by atoms with E-state index in [2.05, 4.69) is 73.6 Å². The fraction of sp³-hybridized carbons (Fsp3) is 0.316. The lowest BCUT2D eigenvalue weighted by atomic mass is 9.92. The van der Waals surface area contributed by atoms with Crippen molar-refractivity contribution >= 4 is 23.4 Å². The molecule has 0 radical (unpaired) electrons. The van der Waals surface area contributed by atoms with E-state index in [0.717, 1.165) is 5.52 Å². The van der Waals surface area contributed by atoms with Crippen molar-refractivity contribution in [1.29, 1.82) is 0 Å². The number of halogens is 1. The second kappa shape index (κ2) is 6.53. The third kappa shape index (κ3) is 2.76. The van der Waals surface area contributed by atoms with Crippen molar-refractivity contribution in [3.8, 4) is 5.69 Å². The summed E-state index contributed by atoms with van der Waals surface area (Å²) >= 11 is 0. The summed E-state index contributed by atoms with van der Waals surface area (Å²) in [5.41, 5.74) is 6.28. The summed E-state index contributed by atoms with van der Waals surface area (Å²) in [6.45, 7) is 9.01. The van der Waals surface area contributed by atoms with Gasteiger partial charge < -0.3 is 0 Å². The van der Waals surface area contributed by atoms with Gasteiger partial charge in [0.1, 0.15) is 6.33 Å². The van der Waals surface area contributed by atoms with Gasteiger partial charge in [-0.15, -0.1) is 12.4 Å². The molecule has 0 amide bonds. The Bertz CT molecular complexity index is 746. The average molecular weight is 315 g/mol. The van der Waals surface area contributed by atoms with Crippen molar-refractivity contribution in [3.63, 3.8) is 0 Å². The molecule has 0 bridgehead atoms. The Labute approximate surface area is 138 Å². The molecule has 2 aromatic carbocycles. The lowest BCUT2D eigenvalue weighted by Crippen LogP contribution is -2.06. The van der Waals surface area contributed by atoms with Crippen LogP contribution in [0.3, 0.4) is 0 Å². The highest BCUT2D eigenvalue weighted by Gasteiger charge is 2.16. The molecule has 0 aliphatic carbocycles. The van der Waals surface area contributed by atoms with Crippen LogP contribution in [-0.2, 0) is 0 Å². The van der Waals surface area contributed by atoms with Crippen molar-refractivity contribution < 1.29 is 0 Å². The predicted octanol–water partition coefficient (Wildman–Crippen LogP) is 5.69. The van der Waals surface area contributed by atoms with Gasteiger partial charge in [0.15, 0.2) is 0 Å². The van der Waals surface area contributed by atoms with Crippen LogP contribution in [0.15, 0.2) is 48.8 Å². The van der Waals surface area contributed by atoms with E-state index in [9.17, 15) is 0 Å². The molecule has 1 aromatic heterocycles. The number of imidazole rings is 1. The molecule has 3 heteroatoms. The zero-order chi connectivity index (χ0) is 15.0. The standard InChI is InChI=1S/C19H22N2.ClH/c1-13(2)15-8-7-9-16(14(3)4)19(15)21-12-20-17-10-5-6-11-18(17)21;/h5-14H,1-4H3;1H. The fourth-order valence-electron chi connectivity index (χ4n) is 2.93. The van der Waals surface area contributed by atoms with Gasteiger partial charge >= 0.3 is 0 Å². The van der Waals surface area contributed by atoms with Crippen molar-refractivity contribution in [2.45, 2.75) is 39.5 Å². The number of aromatic nitrogens is 2. The monoisotopic (exact) mass is 314 g/mol. The van der Waals surface area contributed by atoms with Crippen LogP contribution in [0.2, 0.25) is 0 Å². The number of fused-ring (bicyclic) bond motifs is 1. The van der Waals surface area contributed by atoms with E-state index in [0.29, 0.717) is 11.8 Å². The van der Waals surface area contributed by atoms with E-state index in [4.69, 9.17) is 0 Å². The quantitative estimate of drug-likeness (QED) is 0.607. The summed E-state index contributed by atoms with van der Waals surface area (Å²) in [6, 6.07) is 15.0. The van der Waals surface area contributed by atoms with Crippen LogP contribution in [0.4, 0.5) is 0 Å². The largest absolute Gasteiger partial charge is 0.298 e. The van der Waals surface area contributed by atoms with Gasteiger partial charge in [0, 0.05) is 0 Å². The minimum absolute atomic E-state index is 0. The average Bonchev–Trinajstić information content (AvgIpc) is 2.90. The summed E-state index contributed by atoms with van der Waals surface area (Å²) in [5.74, 6) is 0.972. The molecule has 0 fully saturated rings. The number of hydrogen-bond acceptors (Lipinski definition) is 1. The van der Waals surface area contributed by atoms with Gasteiger partial charge in [-0.25, -0.2) is 4.98 Å². The summed E-state index contributed by atoms with van der Waals surface area (Å²) in [5, 5.41) is 0. The second-order valence-corrected chi connectivity index (χ2v) is 6.20. The van der Waals surface area contributed by atoms with Crippen LogP contribution >= 0.6 is 12.4 Å². The number of rotatable bonds is 3. The third-order valence-corrected chi connectivity index (χ3v) is 4.04. The van der Waals surface area contributed by atoms with Crippen LogP contribution < -0.4 is 0 Å². The number of nitrogens with zero attached hydrogens (tertiary/aromatic N) is 2. The maximum Gasteiger partial charge on any atom is 0.100 e. The Morgan fingerprint density at radius 2 is 1.41 bits per heavy atom. The van der Waals surface area contributed by atoms with E-state index < -0.39 is 0 Å². The highest BCUT2D eigenvalue weighted by atomic mass is 35.5. The Hall–Kier alpha value is -1.80. The minimum atomic E-state index is 0. The zero-order valence-corrected chi connectivity index (χ0v) is 14.4. The summed E-state index contributed by atoms with van der Waals surface area (Å²) in [6.07, 6.45) is 1.96. The van der Waals surface area contributed by atoms with Crippen LogP contribution in [0.5, 0.6) is 0 Å². The van der Waals surface area contributed by atoms with Crippen molar-refractivity contribution in [2.24, 2.45) is 0 Å². The first kappa shape index (κ1) is 16.6. The molecule has 0 unspecified atom stereocenters. The van der Waals surface area contributed by atoms with Crippen molar-refractivity contribution in [1.82, 2.24) is 9.55 Å². The van der Waals surface area contributed by atoms with E-state index >= 15 is 0 Å². The Balaban J connectivity index is 0.00000176. The summed E-state index contributed by atoms with van der Waals surface area (Å²) in [7, 11) is 0. The Morgan fingerprint density at radius 3 is 2.00 bits per heavy atom. The maximum atomic E-state index is 4.56. The van der Waals surface area contributed by atoms with E-state index in [1.165, 1.54) is 22.3 Å². The molecular formula is C19H23ClN2. The van der Waals surface area contributed by atoms with E-state index in [-0.39, 0.29) is 12.4 Å². The first-order chi connectivity index (χ1) is 10.1. The molecule has 0 saturated heterocycles. The van der Waals surface area contributed by atoms with Crippen LogP contribution in [0.25, 0.3) is 16.7 Å². The van der Waals surface area contributed by atoms with Crippen molar-refractivity contribution in [2.75, 3.05) is 0 Å². The molecule has 0 spiro atoms. The Morgan fingerprint density at radius 1 is 0.818 bits per heavy atom. The van der Waals surface area contributed by atoms with Gasteiger partial charge in [-0.2, -0.15) is 0 Å². The maximum absolute atomic E-state index is 4.56. The van der Waals surface area contributed by atoms with Gasteiger partial charge in [-0.05, 0) is 35.1 Å². The smallest absolute Gasteiger partial charge is 0.100 e. The molecule has 3 rings (SSSR count). The fourth-order valence-corrected chi connectivity index (χ4v) is 2.93. The highest BCUT2D eigenvalue weighted by Crippen LogP contribution is 2.32. The zero-order valence-electron chi connectivity index (χ0n) is 13.6. The van der Waals surface area contributed by atoms with E-state index in [1.807, 2.05) is 12.4 Å². The van der Waals surface area contributed by atoms with Crippen LogP contribution in [0.1, 0.15) is 50.7 Å². The van der Waals surface area contributed by atoms with Crippen LogP contribution in [-0.4, -0.2) is 9.55 Å². The summed E-state index contributed by atoms with van der Waals surface area (Å²) < 4.78 is 2.25. The molecule has 1 heterocycles. The second-order valence-electron chi connectivity index (χ2n) is 6.20. The molecular weight excluding hydrogens is 292 g/mol. The molecule has 0 aliphatic rings. The van der Waals surface area contributed by atoms with Gasteiger partial charge in [-0.1, -0.05) is 58.0 Å². The molecule has 22 heavy (non-hydrogen) atoms. The summed E-state index contributed by atoms with van der Waals surface area (Å²) in [4.78, 5) is 4.56. The van der Waals surface area contributed by atoms with Gasteiger partial charge in [-0.3, -0.25) is 4.57 Å². The first-order valence-electron chi connectivity index (χ1n) is 7.65. The van der Waals surface area contributed by atoms with E-state index in [1.54, 1.807) is 0 Å². The SMILES string of the molecule is CC(C)c1cccc(C(C)C)c1-n1cnc2ccccc21.Cl. The normalized spacial score (nSPS) is 11.2. The van der Waals surface area contributed by atoms with Gasteiger partial charge in [0.05, 0.1) is 16.7 Å². The lowest BCUT2D eigenvalue weighted by Gasteiger charge is -2.20. The Kier molecular flexibility index (Phi) is 4.92. The molecule has 0 atom stereocenters. The molecule has 0 aliphatic heterocycles. The molecule has 116 valence electrons. The lowest BCUT2D eigenvalue weighted by molar-refractivity contribution is 0.809. The van der Waals surface area contributed by atoms with Crippen LogP contribution in [0, 0.1) is 0 Å². The third-order valence-electron chi connectivity index (χ3n) is 4.04. The molecule has 0 saturated carbocycles. The first-order valence-corrected chi connectivity index (χ1v) is 7.65.